The van der Waals surface area contributed by atoms with Crippen molar-refractivity contribution in [1.82, 2.24) is 0 Å². The molecule has 2 N–H and O–H groups in total. The molecule has 3 rings (SSSR count). The number of hydrogen-bond acceptors (Lipinski definition) is 4. The molecule has 6 heteroatoms. The van der Waals surface area contributed by atoms with Crippen molar-refractivity contribution < 1.29 is 24.2 Å². The van der Waals surface area contributed by atoms with Gasteiger partial charge < -0.3 is 19.4 Å². The Morgan fingerprint density at radius 2 is 1.97 bits per heavy atom. The molecular weight excluding hydrogens is 416 g/mol. The molecule has 2 aromatic rings. The van der Waals surface area contributed by atoms with Crippen molar-refractivity contribution in [1.29, 1.82) is 0 Å². The van der Waals surface area contributed by atoms with E-state index in [0.717, 1.165) is 32.1 Å². The normalized spacial score (nSPS) is 24.4. The molecule has 0 amide bonds. The van der Waals surface area contributed by atoms with Gasteiger partial charge in [0.1, 0.15) is 5.76 Å². The third-order valence-corrected chi connectivity index (χ3v) is 6.97. The van der Waals surface area contributed by atoms with Crippen molar-refractivity contribution in [3.8, 4) is 0 Å². The summed E-state index contributed by atoms with van der Waals surface area (Å²) in [6.45, 7) is 2.16. The number of furan rings is 1. The topological polar surface area (TPSA) is 79.9 Å². The quantitative estimate of drug-likeness (QED) is 0.435. The fourth-order valence-electron chi connectivity index (χ4n) is 4.78. The number of carboxylic acids is 1. The SMILES string of the molecule is CCCC(OC)c1ccc(CC2C(Cl)CC(O)[C@@H]2CCCc2ccc(C(=O)O)o2)cc1. The number of carboxylic acid groups (broad SMARTS) is 1. The van der Waals surface area contributed by atoms with E-state index in [4.69, 9.17) is 25.9 Å². The average molecular weight is 449 g/mol. The number of rotatable bonds is 11. The van der Waals surface area contributed by atoms with Crippen molar-refractivity contribution in [2.75, 3.05) is 7.11 Å². The molecule has 31 heavy (non-hydrogen) atoms. The number of hydrogen-bond donors (Lipinski definition) is 2. The summed E-state index contributed by atoms with van der Waals surface area (Å²) in [4.78, 5) is 11.0. The predicted molar refractivity (Wildman–Crippen MR) is 121 cm³/mol. The van der Waals surface area contributed by atoms with Crippen LogP contribution in [-0.2, 0) is 17.6 Å². The molecule has 4 unspecified atom stereocenters. The van der Waals surface area contributed by atoms with Crippen LogP contribution < -0.4 is 0 Å². The monoisotopic (exact) mass is 448 g/mol. The summed E-state index contributed by atoms with van der Waals surface area (Å²) in [5.41, 5.74) is 2.42. The molecular formula is C25H33ClO5. The van der Waals surface area contributed by atoms with Crippen LogP contribution in [-0.4, -0.2) is 34.8 Å². The highest BCUT2D eigenvalue weighted by atomic mass is 35.5. The number of methoxy groups -OCH3 is 1. The van der Waals surface area contributed by atoms with Crippen molar-refractivity contribution in [2.45, 2.75) is 69.5 Å². The van der Waals surface area contributed by atoms with Crippen LogP contribution in [0, 0.1) is 11.8 Å². The molecule has 0 bridgehead atoms. The minimum absolute atomic E-state index is 0.0345. The number of aliphatic hydroxyl groups is 1. The van der Waals surface area contributed by atoms with Crippen LogP contribution in [0.5, 0.6) is 0 Å². The Kier molecular flexibility index (Phi) is 8.58. The van der Waals surface area contributed by atoms with Crippen LogP contribution in [0.3, 0.4) is 0 Å². The molecule has 0 aliphatic heterocycles. The third-order valence-electron chi connectivity index (χ3n) is 6.47. The second-order valence-electron chi connectivity index (χ2n) is 8.57. The molecule has 1 aliphatic carbocycles. The van der Waals surface area contributed by atoms with E-state index in [2.05, 4.69) is 31.2 Å². The van der Waals surface area contributed by atoms with Crippen molar-refractivity contribution in [3.05, 3.63) is 59.0 Å². The molecule has 0 radical (unpaired) electrons. The number of ether oxygens (including phenoxy) is 1. The van der Waals surface area contributed by atoms with E-state index in [1.807, 2.05) is 0 Å². The van der Waals surface area contributed by atoms with Crippen LogP contribution >= 0.6 is 11.6 Å². The summed E-state index contributed by atoms with van der Waals surface area (Å²) in [5, 5.41) is 19.5. The van der Waals surface area contributed by atoms with Gasteiger partial charge in [0.15, 0.2) is 0 Å². The largest absolute Gasteiger partial charge is 0.475 e. The Morgan fingerprint density at radius 3 is 2.58 bits per heavy atom. The molecule has 0 spiro atoms. The van der Waals surface area contributed by atoms with Gasteiger partial charge in [0.25, 0.3) is 0 Å². The van der Waals surface area contributed by atoms with Crippen molar-refractivity contribution in [2.24, 2.45) is 11.8 Å². The maximum absolute atomic E-state index is 11.0. The lowest BCUT2D eigenvalue weighted by Crippen LogP contribution is -2.23. The van der Waals surface area contributed by atoms with Crippen LogP contribution in [0.1, 0.15) is 72.6 Å². The van der Waals surface area contributed by atoms with E-state index in [1.165, 1.54) is 17.2 Å². The maximum atomic E-state index is 11.0. The second kappa shape index (κ2) is 11.2. The zero-order valence-electron chi connectivity index (χ0n) is 18.3. The van der Waals surface area contributed by atoms with E-state index in [1.54, 1.807) is 13.2 Å². The number of benzene rings is 1. The first-order valence-corrected chi connectivity index (χ1v) is 11.6. The molecule has 0 saturated heterocycles. The number of halogens is 1. The highest BCUT2D eigenvalue weighted by molar-refractivity contribution is 6.21. The summed E-state index contributed by atoms with van der Waals surface area (Å²) < 4.78 is 10.9. The van der Waals surface area contributed by atoms with Gasteiger partial charge in [0.2, 0.25) is 5.76 Å². The zero-order chi connectivity index (χ0) is 22.4. The Morgan fingerprint density at radius 1 is 1.23 bits per heavy atom. The van der Waals surface area contributed by atoms with Crippen molar-refractivity contribution >= 4 is 17.6 Å². The first kappa shape index (κ1) is 23.8. The zero-order valence-corrected chi connectivity index (χ0v) is 19.1. The van der Waals surface area contributed by atoms with E-state index >= 15 is 0 Å². The minimum atomic E-state index is -1.06. The smallest absolute Gasteiger partial charge is 0.371 e. The summed E-state index contributed by atoms with van der Waals surface area (Å²) in [5.74, 6) is -0.0857. The van der Waals surface area contributed by atoms with Crippen LogP contribution in [0.4, 0.5) is 0 Å². The van der Waals surface area contributed by atoms with Gasteiger partial charge in [0.05, 0.1) is 12.2 Å². The number of aryl methyl sites for hydroxylation is 1. The van der Waals surface area contributed by atoms with Gasteiger partial charge in [0, 0.05) is 18.9 Å². The molecule has 5 atom stereocenters. The molecule has 1 aliphatic rings. The number of carbonyl (C=O) groups is 1. The number of aliphatic hydroxyl groups excluding tert-OH is 1. The highest BCUT2D eigenvalue weighted by Gasteiger charge is 2.40. The molecule has 1 saturated carbocycles. The van der Waals surface area contributed by atoms with Crippen LogP contribution in [0.25, 0.3) is 0 Å². The molecule has 1 aromatic carbocycles. The maximum Gasteiger partial charge on any atom is 0.371 e. The molecule has 170 valence electrons. The van der Waals surface area contributed by atoms with Gasteiger partial charge in [-0.05, 0) is 67.2 Å². The molecule has 5 nitrogen and oxygen atoms in total. The standard InChI is InChI=1S/C25H33ClO5/c1-3-5-23(30-2)17-10-8-16(9-11-17)14-20-19(22(27)15-21(20)26)7-4-6-18-12-13-24(31-18)25(28)29/h8-13,19-23,27H,3-7,14-15H2,1-2H3,(H,28,29)/t19-,20?,21?,22?,23?/m1/s1. The predicted octanol–water partition coefficient (Wildman–Crippen LogP) is 5.64. The fourth-order valence-corrected chi connectivity index (χ4v) is 5.24. The van der Waals surface area contributed by atoms with E-state index in [-0.39, 0.29) is 29.1 Å². The Bertz CT molecular complexity index is 831. The lowest BCUT2D eigenvalue weighted by molar-refractivity contribution is 0.0660. The van der Waals surface area contributed by atoms with E-state index in [0.29, 0.717) is 18.6 Å². The lowest BCUT2D eigenvalue weighted by Gasteiger charge is -2.24. The van der Waals surface area contributed by atoms with E-state index in [9.17, 15) is 9.90 Å². The summed E-state index contributed by atoms with van der Waals surface area (Å²) >= 11 is 6.63. The van der Waals surface area contributed by atoms with Gasteiger partial charge in [-0.3, -0.25) is 0 Å². The molecule has 1 heterocycles. The van der Waals surface area contributed by atoms with Gasteiger partial charge in [-0.1, -0.05) is 37.6 Å². The van der Waals surface area contributed by atoms with Crippen molar-refractivity contribution in [3.63, 3.8) is 0 Å². The lowest BCUT2D eigenvalue weighted by atomic mass is 9.85. The van der Waals surface area contributed by atoms with Gasteiger partial charge in [-0.15, -0.1) is 11.6 Å². The van der Waals surface area contributed by atoms with Gasteiger partial charge in [-0.25, -0.2) is 4.79 Å². The third kappa shape index (κ3) is 6.12. The fraction of sp³-hybridized carbons (Fsp3) is 0.560. The Hall–Kier alpha value is -1.82. The molecule has 1 fully saturated rings. The highest BCUT2D eigenvalue weighted by Crippen LogP contribution is 2.41. The first-order valence-electron chi connectivity index (χ1n) is 11.2. The summed E-state index contributed by atoms with van der Waals surface area (Å²) in [6, 6.07) is 11.8. The Balaban J connectivity index is 1.59. The summed E-state index contributed by atoms with van der Waals surface area (Å²) in [6.07, 6.45) is 5.56. The molecule has 1 aromatic heterocycles. The van der Waals surface area contributed by atoms with Crippen LogP contribution in [0.15, 0.2) is 40.8 Å². The van der Waals surface area contributed by atoms with Gasteiger partial charge in [-0.2, -0.15) is 0 Å². The number of aromatic carboxylic acids is 1. The minimum Gasteiger partial charge on any atom is -0.475 e. The number of alkyl halides is 1. The Labute approximate surface area is 189 Å². The summed E-state index contributed by atoms with van der Waals surface area (Å²) in [7, 11) is 1.75. The average Bonchev–Trinajstić information content (AvgIpc) is 3.33. The first-order chi connectivity index (χ1) is 14.9. The van der Waals surface area contributed by atoms with Gasteiger partial charge >= 0.3 is 5.97 Å². The van der Waals surface area contributed by atoms with E-state index < -0.39 is 12.1 Å². The second-order valence-corrected chi connectivity index (χ2v) is 9.13. The van der Waals surface area contributed by atoms with Crippen LogP contribution in [0.2, 0.25) is 0 Å².